The van der Waals surface area contributed by atoms with Crippen molar-refractivity contribution in [2.24, 2.45) is 0 Å². The summed E-state index contributed by atoms with van der Waals surface area (Å²) in [5.41, 5.74) is 4.56. The molecule has 0 saturated heterocycles. The van der Waals surface area contributed by atoms with E-state index in [1.54, 1.807) is 24.3 Å². The van der Waals surface area contributed by atoms with E-state index in [1.807, 2.05) is 36.4 Å². The van der Waals surface area contributed by atoms with Crippen LogP contribution in [0.25, 0.3) is 22.3 Å². The number of carbonyl (C=O) groups is 1. The third-order valence-corrected chi connectivity index (χ3v) is 4.13. The van der Waals surface area contributed by atoms with E-state index in [1.165, 1.54) is 12.1 Å². The molecular weight excluding hydrogens is 339 g/mol. The van der Waals surface area contributed by atoms with Crippen LogP contribution in [0.4, 0.5) is 0 Å². The summed E-state index contributed by atoms with van der Waals surface area (Å²) >= 11 is 0. The average molecular weight is 354 g/mol. The molecule has 0 heterocycles. The molecule has 3 aromatic carbocycles. The van der Waals surface area contributed by atoms with Gasteiger partial charge < -0.3 is 4.52 Å². The molecule has 0 bridgehead atoms. The third-order valence-electron chi connectivity index (χ3n) is 3.68. The Kier molecular flexibility index (Phi) is 4.81. The molecule has 5 nitrogen and oxygen atoms in total. The first-order valence-electron chi connectivity index (χ1n) is 7.46. The van der Waals surface area contributed by atoms with E-state index < -0.39 is 7.82 Å². The van der Waals surface area contributed by atoms with E-state index in [-0.39, 0.29) is 5.75 Å². The van der Waals surface area contributed by atoms with Gasteiger partial charge >= 0.3 is 7.82 Å². The lowest BCUT2D eigenvalue weighted by molar-refractivity contribution is 0.112. The van der Waals surface area contributed by atoms with Crippen LogP contribution < -0.4 is 4.52 Å². The van der Waals surface area contributed by atoms with Gasteiger partial charge in [-0.3, -0.25) is 14.6 Å². The molecule has 6 heteroatoms. The lowest BCUT2D eigenvalue weighted by Gasteiger charge is -2.08. The predicted octanol–water partition coefficient (Wildman–Crippen LogP) is 4.30. The summed E-state index contributed by atoms with van der Waals surface area (Å²) in [6.45, 7) is 0. The van der Waals surface area contributed by atoms with Gasteiger partial charge in [0.05, 0.1) is 0 Å². The van der Waals surface area contributed by atoms with Crippen LogP contribution >= 0.6 is 7.82 Å². The normalized spacial score (nSPS) is 11.1. The van der Waals surface area contributed by atoms with Crippen LogP contribution in [0.2, 0.25) is 0 Å². The molecule has 0 saturated carbocycles. The van der Waals surface area contributed by atoms with Crippen molar-refractivity contribution in [2.75, 3.05) is 0 Å². The molecule has 0 atom stereocenters. The first kappa shape index (κ1) is 17.1. The molecule has 0 spiro atoms. The maximum atomic E-state index is 10.8. The van der Waals surface area contributed by atoms with Crippen molar-refractivity contribution < 1.29 is 23.7 Å². The smallest absolute Gasteiger partial charge is 0.404 e. The fraction of sp³-hybridized carbons (Fsp3) is 0. The molecule has 0 aliphatic heterocycles. The summed E-state index contributed by atoms with van der Waals surface area (Å²) in [4.78, 5) is 28.3. The molecule has 0 unspecified atom stereocenters. The SMILES string of the molecule is O=Cc1ccc(-c2ccc(-c3ccc(OP(=O)(O)O)cc3)cc2)cc1. The molecule has 126 valence electrons. The van der Waals surface area contributed by atoms with Crippen molar-refractivity contribution in [3.05, 3.63) is 78.4 Å². The van der Waals surface area contributed by atoms with Gasteiger partial charge in [-0.2, -0.15) is 0 Å². The maximum absolute atomic E-state index is 10.8. The number of benzene rings is 3. The van der Waals surface area contributed by atoms with Gasteiger partial charge in [0.25, 0.3) is 0 Å². The van der Waals surface area contributed by atoms with E-state index >= 15 is 0 Å². The molecule has 2 N–H and O–H groups in total. The largest absolute Gasteiger partial charge is 0.524 e. The highest BCUT2D eigenvalue weighted by Crippen LogP contribution is 2.38. The van der Waals surface area contributed by atoms with Gasteiger partial charge in [0, 0.05) is 5.56 Å². The van der Waals surface area contributed by atoms with Crippen molar-refractivity contribution >= 4 is 14.1 Å². The number of phosphoric ester groups is 1. The Morgan fingerprint density at radius 2 is 1.04 bits per heavy atom. The monoisotopic (exact) mass is 354 g/mol. The van der Waals surface area contributed by atoms with Gasteiger partial charge in [0.2, 0.25) is 0 Å². The number of phosphoric acid groups is 1. The molecule has 0 aromatic heterocycles. The fourth-order valence-electron chi connectivity index (χ4n) is 2.45. The highest BCUT2D eigenvalue weighted by Gasteiger charge is 2.15. The third kappa shape index (κ3) is 4.43. The number of aldehydes is 1. The van der Waals surface area contributed by atoms with E-state index in [2.05, 4.69) is 4.52 Å². The molecule has 0 fully saturated rings. The second-order valence-electron chi connectivity index (χ2n) is 5.42. The number of hydrogen-bond donors (Lipinski definition) is 2. The quantitative estimate of drug-likeness (QED) is 0.527. The van der Waals surface area contributed by atoms with Gasteiger partial charge in [-0.15, -0.1) is 0 Å². The van der Waals surface area contributed by atoms with E-state index in [9.17, 15) is 9.36 Å². The van der Waals surface area contributed by atoms with Gasteiger partial charge in [-0.1, -0.05) is 60.7 Å². The van der Waals surface area contributed by atoms with Crippen molar-refractivity contribution in [1.82, 2.24) is 0 Å². The van der Waals surface area contributed by atoms with Crippen LogP contribution in [0, 0.1) is 0 Å². The summed E-state index contributed by atoms with van der Waals surface area (Å²) in [6.07, 6.45) is 0.812. The van der Waals surface area contributed by atoms with Crippen molar-refractivity contribution in [3.8, 4) is 28.0 Å². The summed E-state index contributed by atoms with van der Waals surface area (Å²) in [5.74, 6) is 0.115. The molecule has 3 aromatic rings. The van der Waals surface area contributed by atoms with Gasteiger partial charge in [0.1, 0.15) is 12.0 Å². The molecular formula is C19H15O5P. The summed E-state index contributed by atoms with van der Waals surface area (Å²) < 4.78 is 15.4. The van der Waals surface area contributed by atoms with Crippen LogP contribution in [-0.4, -0.2) is 16.1 Å². The number of rotatable bonds is 5. The van der Waals surface area contributed by atoms with Crippen molar-refractivity contribution in [3.63, 3.8) is 0 Å². The Bertz CT molecular complexity index is 910. The minimum absolute atomic E-state index is 0.115. The fourth-order valence-corrected chi connectivity index (χ4v) is 2.85. The Balaban J connectivity index is 1.79. The van der Waals surface area contributed by atoms with E-state index in [0.717, 1.165) is 28.5 Å². The topological polar surface area (TPSA) is 83.8 Å². The van der Waals surface area contributed by atoms with Crippen LogP contribution in [-0.2, 0) is 4.57 Å². The zero-order valence-electron chi connectivity index (χ0n) is 13.1. The minimum Gasteiger partial charge on any atom is -0.404 e. The van der Waals surface area contributed by atoms with E-state index in [4.69, 9.17) is 9.79 Å². The Morgan fingerprint density at radius 3 is 1.40 bits per heavy atom. The van der Waals surface area contributed by atoms with Crippen molar-refractivity contribution in [1.29, 1.82) is 0 Å². The van der Waals surface area contributed by atoms with Gasteiger partial charge in [0.15, 0.2) is 0 Å². The zero-order chi connectivity index (χ0) is 17.9. The average Bonchev–Trinajstić information content (AvgIpc) is 2.61. The second-order valence-corrected chi connectivity index (χ2v) is 6.59. The van der Waals surface area contributed by atoms with Crippen LogP contribution in [0.5, 0.6) is 5.75 Å². The highest BCUT2D eigenvalue weighted by molar-refractivity contribution is 7.46. The molecule has 3 rings (SSSR count). The second kappa shape index (κ2) is 7.03. The Hall–Kier alpha value is -2.72. The first-order valence-corrected chi connectivity index (χ1v) is 8.99. The lowest BCUT2D eigenvalue weighted by atomic mass is 10.00. The van der Waals surface area contributed by atoms with E-state index in [0.29, 0.717) is 5.56 Å². The standard InChI is InChI=1S/C19H15O5P/c20-13-14-1-3-15(4-2-14)16-5-7-17(8-6-16)18-9-11-19(12-10-18)24-25(21,22)23/h1-13H,(H2,21,22,23). The summed E-state index contributed by atoms with van der Waals surface area (Å²) in [6, 6.07) is 21.7. The zero-order valence-corrected chi connectivity index (χ0v) is 14.0. The maximum Gasteiger partial charge on any atom is 0.524 e. The summed E-state index contributed by atoms with van der Waals surface area (Å²) in [5, 5.41) is 0. The molecule has 0 amide bonds. The van der Waals surface area contributed by atoms with Crippen LogP contribution in [0.15, 0.2) is 72.8 Å². The van der Waals surface area contributed by atoms with Crippen LogP contribution in [0.3, 0.4) is 0 Å². The first-order chi connectivity index (χ1) is 11.9. The molecule has 25 heavy (non-hydrogen) atoms. The Morgan fingerprint density at radius 1 is 0.680 bits per heavy atom. The summed E-state index contributed by atoms with van der Waals surface area (Å²) in [7, 11) is -4.54. The predicted molar refractivity (Wildman–Crippen MR) is 95.4 cm³/mol. The minimum atomic E-state index is -4.54. The molecule has 0 aliphatic carbocycles. The molecule has 0 radical (unpaired) electrons. The number of carbonyl (C=O) groups excluding carboxylic acids is 1. The van der Waals surface area contributed by atoms with Gasteiger partial charge in [-0.25, -0.2) is 4.57 Å². The Labute approximate surface area is 144 Å². The lowest BCUT2D eigenvalue weighted by Crippen LogP contribution is -1.89. The highest BCUT2D eigenvalue weighted by atomic mass is 31.2. The van der Waals surface area contributed by atoms with Crippen molar-refractivity contribution in [2.45, 2.75) is 0 Å². The van der Waals surface area contributed by atoms with Crippen LogP contribution in [0.1, 0.15) is 10.4 Å². The van der Waals surface area contributed by atoms with Gasteiger partial charge in [-0.05, 0) is 34.4 Å². The number of hydrogen-bond acceptors (Lipinski definition) is 3. The molecule has 0 aliphatic rings.